The Hall–Kier alpha value is -1.35. The minimum absolute atomic E-state index is 0.372. The van der Waals surface area contributed by atoms with Crippen molar-refractivity contribution in [2.45, 2.75) is 26.0 Å². The van der Waals surface area contributed by atoms with Gasteiger partial charge in [0.05, 0.1) is 11.0 Å². The summed E-state index contributed by atoms with van der Waals surface area (Å²) in [5.74, 6) is 0.825. The molecule has 0 radical (unpaired) electrons. The predicted molar refractivity (Wildman–Crippen MR) is 54.0 cm³/mol. The van der Waals surface area contributed by atoms with E-state index in [9.17, 15) is 5.11 Å². The largest absolute Gasteiger partial charge is 0.385 e. The minimum Gasteiger partial charge on any atom is -0.385 e. The molecule has 1 unspecified atom stereocenters. The zero-order chi connectivity index (χ0) is 9.71. The lowest BCUT2D eigenvalue weighted by Gasteiger charge is -1.98. The van der Waals surface area contributed by atoms with E-state index in [1.54, 1.807) is 0 Å². The van der Waals surface area contributed by atoms with Crippen LogP contribution >= 0.6 is 0 Å². The highest BCUT2D eigenvalue weighted by molar-refractivity contribution is 5.77. The van der Waals surface area contributed by atoms with Crippen molar-refractivity contribution < 1.29 is 5.11 Å². The molecule has 3 rings (SSSR count). The number of benzene rings is 1. The lowest BCUT2D eigenvalue weighted by Crippen LogP contribution is -1.93. The number of aromatic nitrogens is 2. The van der Waals surface area contributed by atoms with Gasteiger partial charge in [-0.25, -0.2) is 4.98 Å². The summed E-state index contributed by atoms with van der Waals surface area (Å²) in [5.41, 5.74) is 3.38. The number of imidazole rings is 1. The Balaban J connectivity index is 2.36. The molecular formula is C11H12N2O. The molecule has 0 bridgehead atoms. The highest BCUT2D eigenvalue weighted by atomic mass is 16.3. The third-order valence-corrected chi connectivity index (χ3v) is 2.86. The molecule has 3 heteroatoms. The Bertz CT molecular complexity index is 501. The van der Waals surface area contributed by atoms with E-state index in [1.165, 1.54) is 5.56 Å². The first-order chi connectivity index (χ1) is 6.75. The number of fused-ring (bicyclic) bond motifs is 3. The molecule has 1 aromatic heterocycles. The van der Waals surface area contributed by atoms with Gasteiger partial charge in [-0.05, 0) is 31.0 Å². The van der Waals surface area contributed by atoms with Gasteiger partial charge in [0.15, 0.2) is 0 Å². The zero-order valence-electron chi connectivity index (χ0n) is 8.07. The summed E-state index contributed by atoms with van der Waals surface area (Å²) in [6.07, 6.45) is 0.425. The average Bonchev–Trinajstić information content (AvgIpc) is 2.67. The van der Waals surface area contributed by atoms with Gasteiger partial charge in [0.25, 0.3) is 0 Å². The van der Waals surface area contributed by atoms with E-state index in [-0.39, 0.29) is 6.10 Å². The van der Waals surface area contributed by atoms with Gasteiger partial charge in [-0.2, -0.15) is 0 Å². The number of aliphatic hydroxyl groups is 1. The third-order valence-electron chi connectivity index (χ3n) is 2.86. The Morgan fingerprint density at radius 1 is 1.50 bits per heavy atom. The highest BCUT2D eigenvalue weighted by Gasteiger charge is 2.24. The van der Waals surface area contributed by atoms with E-state index in [0.29, 0.717) is 0 Å². The second-order valence-electron chi connectivity index (χ2n) is 3.92. The van der Waals surface area contributed by atoms with Gasteiger partial charge < -0.3 is 9.67 Å². The smallest absolute Gasteiger partial charge is 0.138 e. The Kier molecular flexibility index (Phi) is 1.47. The van der Waals surface area contributed by atoms with E-state index in [1.807, 2.05) is 6.07 Å². The van der Waals surface area contributed by atoms with Crippen LogP contribution in [0.5, 0.6) is 0 Å². The lowest BCUT2D eigenvalue weighted by atomic mass is 10.2. The van der Waals surface area contributed by atoms with Gasteiger partial charge in [0, 0.05) is 6.54 Å². The van der Waals surface area contributed by atoms with Crippen molar-refractivity contribution >= 4 is 11.0 Å². The van der Waals surface area contributed by atoms with Crippen LogP contribution < -0.4 is 0 Å². The maximum atomic E-state index is 9.67. The van der Waals surface area contributed by atoms with Gasteiger partial charge >= 0.3 is 0 Å². The molecule has 1 aliphatic rings. The fourth-order valence-electron chi connectivity index (χ4n) is 2.12. The van der Waals surface area contributed by atoms with Gasteiger partial charge in [-0.1, -0.05) is 6.07 Å². The highest BCUT2D eigenvalue weighted by Crippen LogP contribution is 2.29. The first kappa shape index (κ1) is 8.00. The molecule has 0 spiro atoms. The van der Waals surface area contributed by atoms with Crippen molar-refractivity contribution in [1.82, 2.24) is 9.55 Å². The summed E-state index contributed by atoms with van der Waals surface area (Å²) in [6.45, 7) is 2.96. The van der Waals surface area contributed by atoms with Crippen LogP contribution in [0.1, 0.15) is 23.9 Å². The predicted octanol–water partition coefficient (Wildman–Crippen LogP) is 1.78. The summed E-state index contributed by atoms with van der Waals surface area (Å²) in [6, 6.07) is 6.20. The van der Waals surface area contributed by atoms with Gasteiger partial charge in [-0.3, -0.25) is 0 Å². The first-order valence-electron chi connectivity index (χ1n) is 4.90. The zero-order valence-corrected chi connectivity index (χ0v) is 8.07. The number of rotatable bonds is 0. The molecule has 72 valence electrons. The van der Waals surface area contributed by atoms with E-state index >= 15 is 0 Å². The molecule has 2 heterocycles. The fraction of sp³-hybridized carbons (Fsp3) is 0.364. The first-order valence-corrected chi connectivity index (χ1v) is 4.90. The fourth-order valence-corrected chi connectivity index (χ4v) is 2.12. The molecule has 1 N–H and O–H groups in total. The van der Waals surface area contributed by atoms with Crippen LogP contribution in [0.25, 0.3) is 11.0 Å². The molecular weight excluding hydrogens is 176 g/mol. The van der Waals surface area contributed by atoms with Crippen molar-refractivity contribution in [3.05, 3.63) is 29.6 Å². The van der Waals surface area contributed by atoms with Gasteiger partial charge in [0.2, 0.25) is 0 Å². The lowest BCUT2D eigenvalue weighted by molar-refractivity contribution is 0.176. The van der Waals surface area contributed by atoms with Crippen molar-refractivity contribution in [1.29, 1.82) is 0 Å². The molecule has 1 aliphatic heterocycles. The molecule has 2 aromatic rings. The van der Waals surface area contributed by atoms with E-state index in [4.69, 9.17) is 0 Å². The number of hydrogen-bond donors (Lipinski definition) is 1. The second-order valence-corrected chi connectivity index (χ2v) is 3.92. The third kappa shape index (κ3) is 0.930. The molecule has 0 fully saturated rings. The van der Waals surface area contributed by atoms with Crippen LogP contribution in [0.3, 0.4) is 0 Å². The molecule has 0 saturated carbocycles. The molecule has 1 atom stereocenters. The number of hydrogen-bond acceptors (Lipinski definition) is 2. The molecule has 14 heavy (non-hydrogen) atoms. The van der Waals surface area contributed by atoms with Crippen LogP contribution in [0.15, 0.2) is 18.2 Å². The van der Waals surface area contributed by atoms with Crippen LogP contribution in [-0.4, -0.2) is 14.7 Å². The van der Waals surface area contributed by atoms with Crippen molar-refractivity contribution in [3.8, 4) is 0 Å². The van der Waals surface area contributed by atoms with Gasteiger partial charge in [0.1, 0.15) is 11.9 Å². The number of aryl methyl sites for hydroxylation is 2. The summed E-state index contributed by atoms with van der Waals surface area (Å²) < 4.78 is 2.12. The van der Waals surface area contributed by atoms with E-state index in [2.05, 4.69) is 28.6 Å². The van der Waals surface area contributed by atoms with E-state index in [0.717, 1.165) is 29.8 Å². The summed E-state index contributed by atoms with van der Waals surface area (Å²) >= 11 is 0. The molecule has 1 aromatic carbocycles. The van der Waals surface area contributed by atoms with Crippen molar-refractivity contribution in [2.24, 2.45) is 0 Å². The minimum atomic E-state index is -0.372. The van der Waals surface area contributed by atoms with Crippen LogP contribution in [0.4, 0.5) is 0 Å². The molecule has 0 aliphatic carbocycles. The maximum Gasteiger partial charge on any atom is 0.138 e. The van der Waals surface area contributed by atoms with Crippen LogP contribution in [0, 0.1) is 6.92 Å². The quantitative estimate of drug-likeness (QED) is 0.684. The summed E-state index contributed by atoms with van der Waals surface area (Å²) in [5, 5.41) is 9.67. The Labute approximate surface area is 82.0 Å². The van der Waals surface area contributed by atoms with Gasteiger partial charge in [-0.15, -0.1) is 0 Å². The molecule has 0 amide bonds. The van der Waals surface area contributed by atoms with Crippen LogP contribution in [-0.2, 0) is 6.54 Å². The van der Waals surface area contributed by atoms with Crippen molar-refractivity contribution in [2.75, 3.05) is 0 Å². The standard InChI is InChI=1S/C11H12N2O/c1-7-2-3-8-9(6-7)13-5-4-10(14)11(13)12-8/h2-3,6,10,14H,4-5H2,1H3. The number of nitrogens with zero attached hydrogens (tertiary/aromatic N) is 2. The Morgan fingerprint density at radius 3 is 3.21 bits per heavy atom. The van der Waals surface area contributed by atoms with E-state index < -0.39 is 0 Å². The Morgan fingerprint density at radius 2 is 2.36 bits per heavy atom. The van der Waals surface area contributed by atoms with Crippen LogP contribution in [0.2, 0.25) is 0 Å². The second kappa shape index (κ2) is 2.58. The van der Waals surface area contributed by atoms with Crippen molar-refractivity contribution in [3.63, 3.8) is 0 Å². The molecule has 3 nitrogen and oxygen atoms in total. The maximum absolute atomic E-state index is 9.67. The normalized spacial score (nSPS) is 20.3. The monoisotopic (exact) mass is 188 g/mol. The SMILES string of the molecule is Cc1ccc2nc3n(c2c1)CCC3O. The molecule has 0 saturated heterocycles. The summed E-state index contributed by atoms with van der Waals surface area (Å²) in [4.78, 5) is 4.43. The number of aliphatic hydroxyl groups excluding tert-OH is 1. The topological polar surface area (TPSA) is 38.0 Å². The summed E-state index contributed by atoms with van der Waals surface area (Å²) in [7, 11) is 0. The average molecular weight is 188 g/mol.